The van der Waals surface area contributed by atoms with Gasteiger partial charge < -0.3 is 15.6 Å². The standard InChI is InChI=1S/C22H20ClF4N5S/c1-2-22(27)8-16-17(12(9-28)10-30-21(25)26)18(14-4-3-13(24)7-15(14)23)31-19(32(16)11-22)20-29-5-6-33-20/h3-7,9-10,18,21,28,30H,2,8,11H2,1H3/b12-10+,28-9?/t18-,22?/m0/s1. The topological polar surface area (TPSA) is 64.4 Å². The van der Waals surface area contributed by atoms with Gasteiger partial charge in [-0.15, -0.1) is 11.3 Å². The third-order valence-corrected chi connectivity index (χ3v) is 6.78. The van der Waals surface area contributed by atoms with E-state index < -0.39 is 24.1 Å². The van der Waals surface area contributed by atoms with Crippen molar-refractivity contribution < 1.29 is 17.6 Å². The van der Waals surface area contributed by atoms with E-state index in [-0.39, 0.29) is 30.0 Å². The number of allylic oxidation sites excluding steroid dienone is 1. The molecule has 3 heterocycles. The molecule has 4 rings (SSSR count). The second-order valence-electron chi connectivity index (χ2n) is 7.70. The Morgan fingerprint density at radius 1 is 1.45 bits per heavy atom. The number of hydrogen-bond donors (Lipinski definition) is 2. The lowest BCUT2D eigenvalue weighted by molar-refractivity contribution is 0.125. The molecule has 1 fully saturated rings. The molecule has 0 saturated carbocycles. The number of hydrogen-bond acceptors (Lipinski definition) is 6. The minimum Gasteiger partial charge on any atom is -0.336 e. The van der Waals surface area contributed by atoms with Crippen LogP contribution in [0.4, 0.5) is 17.6 Å². The molecule has 174 valence electrons. The van der Waals surface area contributed by atoms with Gasteiger partial charge in [-0.05, 0) is 24.1 Å². The fourth-order valence-corrected chi connectivity index (χ4v) is 4.96. The van der Waals surface area contributed by atoms with Gasteiger partial charge in [-0.2, -0.15) is 8.78 Å². The van der Waals surface area contributed by atoms with Gasteiger partial charge in [-0.1, -0.05) is 24.6 Å². The molecule has 1 saturated heterocycles. The molecule has 0 radical (unpaired) electrons. The van der Waals surface area contributed by atoms with Gasteiger partial charge in [-0.25, -0.2) is 13.8 Å². The average Bonchev–Trinajstić information content (AvgIpc) is 3.42. The predicted octanol–water partition coefficient (Wildman–Crippen LogP) is 5.86. The van der Waals surface area contributed by atoms with E-state index in [1.807, 2.05) is 5.32 Å². The maximum atomic E-state index is 15.6. The van der Waals surface area contributed by atoms with Gasteiger partial charge in [0.25, 0.3) is 0 Å². The molecule has 2 aliphatic rings. The number of fused-ring (bicyclic) bond motifs is 1. The van der Waals surface area contributed by atoms with E-state index >= 15 is 4.39 Å². The highest BCUT2D eigenvalue weighted by Crippen LogP contribution is 2.48. The van der Waals surface area contributed by atoms with Gasteiger partial charge in [0.2, 0.25) is 0 Å². The Morgan fingerprint density at radius 3 is 2.85 bits per heavy atom. The molecule has 11 heteroatoms. The molecule has 0 amide bonds. The summed E-state index contributed by atoms with van der Waals surface area (Å²) in [6.07, 6.45) is 3.76. The Labute approximate surface area is 197 Å². The van der Waals surface area contributed by atoms with Crippen LogP contribution < -0.4 is 5.32 Å². The van der Waals surface area contributed by atoms with Crippen LogP contribution in [0, 0.1) is 11.2 Å². The molecule has 2 aromatic rings. The van der Waals surface area contributed by atoms with Crippen molar-refractivity contribution in [2.45, 2.75) is 38.0 Å². The van der Waals surface area contributed by atoms with Crippen molar-refractivity contribution in [3.05, 3.63) is 74.2 Å². The Hall–Kier alpha value is -2.72. The van der Waals surface area contributed by atoms with E-state index in [0.717, 1.165) is 18.5 Å². The Morgan fingerprint density at radius 2 is 2.24 bits per heavy atom. The van der Waals surface area contributed by atoms with E-state index in [1.54, 1.807) is 23.4 Å². The van der Waals surface area contributed by atoms with Crippen molar-refractivity contribution in [3.63, 3.8) is 0 Å². The first kappa shape index (κ1) is 23.4. The monoisotopic (exact) mass is 497 g/mol. The second-order valence-corrected chi connectivity index (χ2v) is 9.00. The second kappa shape index (κ2) is 9.26. The molecule has 2 N–H and O–H groups in total. The third-order valence-electron chi connectivity index (χ3n) is 5.69. The zero-order valence-electron chi connectivity index (χ0n) is 17.5. The summed E-state index contributed by atoms with van der Waals surface area (Å²) in [4.78, 5) is 10.8. The van der Waals surface area contributed by atoms with Crippen LogP contribution >= 0.6 is 22.9 Å². The highest BCUT2D eigenvalue weighted by atomic mass is 35.5. The van der Waals surface area contributed by atoms with Gasteiger partial charge in [0.15, 0.2) is 10.8 Å². The Balaban J connectivity index is 1.97. The van der Waals surface area contributed by atoms with Gasteiger partial charge in [0.1, 0.15) is 17.5 Å². The summed E-state index contributed by atoms with van der Waals surface area (Å²) in [5.41, 5.74) is -0.200. The first-order chi connectivity index (χ1) is 15.8. The summed E-state index contributed by atoms with van der Waals surface area (Å²) in [5.74, 6) is -0.121. The maximum absolute atomic E-state index is 15.6. The third kappa shape index (κ3) is 4.54. The van der Waals surface area contributed by atoms with E-state index in [2.05, 4.69) is 4.98 Å². The number of amidine groups is 1. The summed E-state index contributed by atoms with van der Waals surface area (Å²) in [6, 6.07) is 2.94. The van der Waals surface area contributed by atoms with Crippen molar-refractivity contribution in [2.24, 2.45) is 4.99 Å². The number of rotatable bonds is 7. The van der Waals surface area contributed by atoms with Crippen molar-refractivity contribution in [2.75, 3.05) is 6.54 Å². The first-order valence-electron chi connectivity index (χ1n) is 10.1. The zero-order chi connectivity index (χ0) is 23.8. The number of aliphatic imine (C=N–C) groups is 1. The van der Waals surface area contributed by atoms with E-state index in [1.165, 1.54) is 23.5 Å². The van der Waals surface area contributed by atoms with Crippen LogP contribution in [0.3, 0.4) is 0 Å². The molecule has 2 aliphatic heterocycles. The quantitative estimate of drug-likeness (QED) is 0.286. The summed E-state index contributed by atoms with van der Waals surface area (Å²) in [6.45, 7) is -1.11. The normalized spacial score (nSPS) is 23.1. The van der Waals surface area contributed by atoms with Crippen LogP contribution in [0.15, 0.2) is 57.8 Å². The fraction of sp³-hybridized carbons (Fsp3) is 0.318. The van der Waals surface area contributed by atoms with Gasteiger partial charge in [0, 0.05) is 52.3 Å². The number of halogens is 5. The molecular formula is C22H20ClF4N5S. The molecule has 1 unspecified atom stereocenters. The van der Waals surface area contributed by atoms with Crippen molar-refractivity contribution in [3.8, 4) is 0 Å². The fourth-order valence-electron chi connectivity index (χ4n) is 4.05. The molecule has 5 nitrogen and oxygen atoms in total. The molecule has 0 aliphatic carbocycles. The largest absolute Gasteiger partial charge is 0.336 e. The van der Waals surface area contributed by atoms with E-state index in [4.69, 9.17) is 22.0 Å². The summed E-state index contributed by atoms with van der Waals surface area (Å²) in [5, 5.41) is 12.2. The van der Waals surface area contributed by atoms with Gasteiger partial charge >= 0.3 is 6.55 Å². The number of nitrogens with one attached hydrogen (secondary N) is 2. The average molecular weight is 498 g/mol. The lowest BCUT2D eigenvalue weighted by Gasteiger charge is -2.33. The SMILES string of the molecule is CCC1(F)CC2=C(/C(C=N)=C/NC(F)F)[C@H](c3ccc(F)cc3Cl)N=C(c3nccs3)N2C1. The number of alkyl halides is 3. The zero-order valence-corrected chi connectivity index (χ0v) is 19.0. The molecule has 0 bridgehead atoms. The number of nitrogens with zero attached hydrogens (tertiary/aromatic N) is 3. The van der Waals surface area contributed by atoms with Crippen LogP contribution in [0.5, 0.6) is 0 Å². The number of aromatic nitrogens is 1. The molecule has 33 heavy (non-hydrogen) atoms. The molecular weight excluding hydrogens is 478 g/mol. The smallest absolute Gasteiger partial charge is 0.312 e. The van der Waals surface area contributed by atoms with Crippen molar-refractivity contribution >= 4 is 35.0 Å². The van der Waals surface area contributed by atoms with E-state index in [9.17, 15) is 13.2 Å². The van der Waals surface area contributed by atoms with E-state index in [0.29, 0.717) is 27.7 Å². The predicted molar refractivity (Wildman–Crippen MR) is 121 cm³/mol. The lowest BCUT2D eigenvalue weighted by atomic mass is 9.88. The highest BCUT2D eigenvalue weighted by Gasteiger charge is 2.47. The molecule has 2 atom stereocenters. The molecule has 1 aromatic heterocycles. The summed E-state index contributed by atoms with van der Waals surface area (Å²) >= 11 is 7.68. The maximum Gasteiger partial charge on any atom is 0.312 e. The van der Waals surface area contributed by atoms with Crippen LogP contribution in [0.1, 0.15) is 36.4 Å². The summed E-state index contributed by atoms with van der Waals surface area (Å²) in [7, 11) is 0. The Kier molecular flexibility index (Phi) is 6.58. The number of benzene rings is 1. The molecule has 1 aromatic carbocycles. The highest BCUT2D eigenvalue weighted by molar-refractivity contribution is 7.11. The van der Waals surface area contributed by atoms with Crippen LogP contribution in [0.25, 0.3) is 0 Å². The summed E-state index contributed by atoms with van der Waals surface area (Å²) < 4.78 is 55.2. The van der Waals surface area contributed by atoms with Crippen LogP contribution in [-0.4, -0.2) is 40.7 Å². The van der Waals surface area contributed by atoms with Gasteiger partial charge in [-0.3, -0.25) is 4.99 Å². The minimum absolute atomic E-state index is 0.00159. The van der Waals surface area contributed by atoms with Crippen molar-refractivity contribution in [1.82, 2.24) is 15.2 Å². The first-order valence-corrected chi connectivity index (χ1v) is 11.4. The van der Waals surface area contributed by atoms with Gasteiger partial charge in [0.05, 0.1) is 6.54 Å². The Bertz CT molecular complexity index is 1150. The number of thiazole rings is 1. The molecule has 0 spiro atoms. The van der Waals surface area contributed by atoms with Crippen LogP contribution in [0.2, 0.25) is 5.02 Å². The van der Waals surface area contributed by atoms with Crippen LogP contribution in [-0.2, 0) is 0 Å². The van der Waals surface area contributed by atoms with Crippen molar-refractivity contribution in [1.29, 1.82) is 5.41 Å². The lowest BCUT2D eigenvalue weighted by Crippen LogP contribution is -2.36. The minimum atomic E-state index is -2.85.